The van der Waals surface area contributed by atoms with Crippen LogP contribution < -0.4 is 5.32 Å². The number of fused-ring (bicyclic) bond motifs is 1. The van der Waals surface area contributed by atoms with Crippen molar-refractivity contribution in [1.82, 2.24) is 9.88 Å². The number of amides is 1. The molecule has 5 heteroatoms. The molecule has 1 saturated carbocycles. The van der Waals surface area contributed by atoms with Crippen LogP contribution in [-0.4, -0.2) is 28.2 Å². The number of nitriles is 1. The van der Waals surface area contributed by atoms with E-state index < -0.39 is 0 Å². The van der Waals surface area contributed by atoms with Crippen molar-refractivity contribution in [3.05, 3.63) is 42.1 Å². The van der Waals surface area contributed by atoms with E-state index in [1.54, 1.807) is 0 Å². The first-order valence-corrected chi connectivity index (χ1v) is 8.78. The molecular weight excluding hydrogens is 314 g/mol. The number of hydrogen-bond donors (Lipinski definition) is 2. The summed E-state index contributed by atoms with van der Waals surface area (Å²) < 4.78 is 2.05. The summed E-state index contributed by atoms with van der Waals surface area (Å²) in [4.78, 5) is 12.1. The second-order valence-electron chi connectivity index (χ2n) is 6.54. The molecule has 0 spiro atoms. The summed E-state index contributed by atoms with van der Waals surface area (Å²) in [6.45, 7) is 1.16. The van der Waals surface area contributed by atoms with E-state index in [9.17, 15) is 9.90 Å². The molecule has 0 bridgehead atoms. The lowest BCUT2D eigenvalue weighted by molar-refractivity contribution is -0.116. The van der Waals surface area contributed by atoms with Crippen LogP contribution in [-0.2, 0) is 11.3 Å². The third-order valence-corrected chi connectivity index (χ3v) is 4.86. The summed E-state index contributed by atoms with van der Waals surface area (Å²) in [6.07, 6.45) is 8.32. The highest BCUT2D eigenvalue weighted by atomic mass is 16.3. The highest BCUT2D eigenvalue weighted by molar-refractivity contribution is 5.96. The van der Waals surface area contributed by atoms with E-state index in [1.165, 1.54) is 6.08 Å². The van der Waals surface area contributed by atoms with Crippen molar-refractivity contribution >= 4 is 22.9 Å². The molecule has 0 saturated heterocycles. The number of nitrogens with one attached hydrogen (secondary N) is 1. The van der Waals surface area contributed by atoms with Crippen LogP contribution in [0, 0.1) is 17.2 Å². The molecule has 1 aliphatic rings. The molecule has 25 heavy (non-hydrogen) atoms. The Bertz CT molecular complexity index is 816. The predicted octanol–water partition coefficient (Wildman–Crippen LogP) is 2.85. The molecule has 2 unspecified atom stereocenters. The number of nitrogens with zero attached hydrogens (tertiary/aromatic N) is 2. The monoisotopic (exact) mass is 337 g/mol. The topological polar surface area (TPSA) is 78.0 Å². The molecule has 1 aliphatic carbocycles. The summed E-state index contributed by atoms with van der Waals surface area (Å²) in [6, 6.07) is 10.1. The number of aromatic nitrogens is 1. The number of carbonyl (C=O) groups excluding carboxylic acids is 1. The Morgan fingerprint density at radius 2 is 2.24 bits per heavy atom. The molecule has 130 valence electrons. The van der Waals surface area contributed by atoms with Crippen molar-refractivity contribution in [2.24, 2.45) is 5.92 Å². The Balaban J connectivity index is 1.68. The maximum atomic E-state index is 12.1. The normalized spacial score (nSPS) is 20.2. The summed E-state index contributed by atoms with van der Waals surface area (Å²) in [5.41, 5.74) is 2.02. The summed E-state index contributed by atoms with van der Waals surface area (Å²) in [5.74, 6) is 0.0261. The van der Waals surface area contributed by atoms with Gasteiger partial charge in [-0.2, -0.15) is 5.26 Å². The van der Waals surface area contributed by atoms with Crippen molar-refractivity contribution in [1.29, 1.82) is 5.26 Å². The van der Waals surface area contributed by atoms with Gasteiger partial charge in [-0.3, -0.25) is 4.79 Å². The van der Waals surface area contributed by atoms with Crippen molar-refractivity contribution in [3.63, 3.8) is 0 Å². The summed E-state index contributed by atoms with van der Waals surface area (Å²) >= 11 is 0. The van der Waals surface area contributed by atoms with Crippen LogP contribution in [0.1, 0.15) is 31.2 Å². The van der Waals surface area contributed by atoms with Crippen LogP contribution in [0.4, 0.5) is 0 Å². The van der Waals surface area contributed by atoms with E-state index in [1.807, 2.05) is 41.1 Å². The van der Waals surface area contributed by atoms with Crippen LogP contribution in [0.5, 0.6) is 0 Å². The largest absolute Gasteiger partial charge is 0.393 e. The molecule has 5 nitrogen and oxygen atoms in total. The fourth-order valence-corrected chi connectivity index (χ4v) is 3.47. The van der Waals surface area contributed by atoms with Gasteiger partial charge in [-0.25, -0.2) is 0 Å². The van der Waals surface area contributed by atoms with Gasteiger partial charge in [0.05, 0.1) is 18.6 Å². The molecule has 1 amide bonds. The van der Waals surface area contributed by atoms with Crippen molar-refractivity contribution < 1.29 is 9.90 Å². The number of aliphatic hydroxyl groups excluding tert-OH is 1. The van der Waals surface area contributed by atoms with Crippen LogP contribution >= 0.6 is 0 Å². The fourth-order valence-electron chi connectivity index (χ4n) is 3.47. The van der Waals surface area contributed by atoms with Gasteiger partial charge in [0, 0.05) is 47.7 Å². The molecular formula is C20H23N3O2. The second kappa shape index (κ2) is 8.00. The number of hydrogen-bond acceptors (Lipinski definition) is 3. The molecule has 1 heterocycles. The molecule has 2 atom stereocenters. The van der Waals surface area contributed by atoms with Crippen LogP contribution in [0.3, 0.4) is 0 Å². The van der Waals surface area contributed by atoms with E-state index in [0.29, 0.717) is 19.5 Å². The zero-order chi connectivity index (χ0) is 17.6. The number of benzene rings is 1. The molecule has 3 rings (SSSR count). The SMILES string of the molecule is N#CCCn1cc(C=CC(=O)NCC2CCCC2O)c2ccccc21. The lowest BCUT2D eigenvalue weighted by atomic mass is 10.1. The fraction of sp³-hybridized carbons (Fsp3) is 0.400. The maximum absolute atomic E-state index is 12.1. The average molecular weight is 337 g/mol. The molecule has 0 radical (unpaired) electrons. The predicted molar refractivity (Wildman–Crippen MR) is 97.6 cm³/mol. The first kappa shape index (κ1) is 17.2. The van der Waals surface area contributed by atoms with Gasteiger partial charge < -0.3 is 15.0 Å². The second-order valence-corrected chi connectivity index (χ2v) is 6.54. The van der Waals surface area contributed by atoms with Crippen molar-refractivity contribution in [3.8, 4) is 6.07 Å². The van der Waals surface area contributed by atoms with E-state index in [4.69, 9.17) is 5.26 Å². The molecule has 2 N–H and O–H groups in total. The van der Waals surface area contributed by atoms with Gasteiger partial charge in [0.2, 0.25) is 5.91 Å². The van der Waals surface area contributed by atoms with Crippen LogP contribution in [0.15, 0.2) is 36.5 Å². The van der Waals surface area contributed by atoms with Crippen LogP contribution in [0.25, 0.3) is 17.0 Å². The first-order valence-electron chi connectivity index (χ1n) is 8.78. The zero-order valence-electron chi connectivity index (χ0n) is 14.2. The Hall–Kier alpha value is -2.58. The summed E-state index contributed by atoms with van der Waals surface area (Å²) in [5, 5.41) is 22.6. The van der Waals surface area contributed by atoms with Crippen molar-refractivity contribution in [2.75, 3.05) is 6.54 Å². The van der Waals surface area contributed by atoms with Gasteiger partial charge in [0.25, 0.3) is 0 Å². The Kier molecular flexibility index (Phi) is 5.52. The average Bonchev–Trinajstić information content (AvgIpc) is 3.20. The number of carbonyl (C=O) groups is 1. The minimum atomic E-state index is -0.289. The molecule has 1 fully saturated rings. The third kappa shape index (κ3) is 4.09. The summed E-state index contributed by atoms with van der Waals surface area (Å²) in [7, 11) is 0. The Morgan fingerprint density at radius 3 is 3.00 bits per heavy atom. The highest BCUT2D eigenvalue weighted by Crippen LogP contribution is 2.25. The maximum Gasteiger partial charge on any atom is 0.244 e. The molecule has 1 aromatic heterocycles. The van der Waals surface area contributed by atoms with Gasteiger partial charge >= 0.3 is 0 Å². The van der Waals surface area contributed by atoms with E-state index >= 15 is 0 Å². The van der Waals surface area contributed by atoms with Gasteiger partial charge in [0.15, 0.2) is 0 Å². The highest BCUT2D eigenvalue weighted by Gasteiger charge is 2.24. The smallest absolute Gasteiger partial charge is 0.244 e. The van der Waals surface area contributed by atoms with Gasteiger partial charge in [-0.15, -0.1) is 0 Å². The quantitative estimate of drug-likeness (QED) is 0.796. The first-order chi connectivity index (χ1) is 12.2. The van der Waals surface area contributed by atoms with E-state index in [0.717, 1.165) is 35.7 Å². The zero-order valence-corrected chi connectivity index (χ0v) is 14.2. The number of aliphatic hydroxyl groups is 1. The van der Waals surface area contributed by atoms with E-state index in [2.05, 4.69) is 11.4 Å². The number of aryl methyl sites for hydroxylation is 1. The minimum absolute atomic E-state index is 0.145. The van der Waals surface area contributed by atoms with Crippen LogP contribution in [0.2, 0.25) is 0 Å². The standard InChI is InChI=1S/C20H23N3O2/c21-11-4-12-23-14-16(17-6-1-2-7-18(17)23)9-10-20(25)22-13-15-5-3-8-19(15)24/h1-2,6-7,9-10,14-15,19,24H,3-5,8,12-13H2,(H,22,25). The van der Waals surface area contributed by atoms with Gasteiger partial charge in [0.1, 0.15) is 0 Å². The molecule has 1 aromatic carbocycles. The molecule has 2 aromatic rings. The Morgan fingerprint density at radius 1 is 1.40 bits per heavy atom. The molecule has 0 aliphatic heterocycles. The van der Waals surface area contributed by atoms with Gasteiger partial charge in [-0.05, 0) is 25.0 Å². The lowest BCUT2D eigenvalue weighted by Gasteiger charge is -2.13. The number of para-hydroxylation sites is 1. The Labute approximate surface area is 147 Å². The van der Waals surface area contributed by atoms with Gasteiger partial charge in [-0.1, -0.05) is 24.6 Å². The van der Waals surface area contributed by atoms with E-state index in [-0.39, 0.29) is 17.9 Å². The minimum Gasteiger partial charge on any atom is -0.393 e. The lowest BCUT2D eigenvalue weighted by Crippen LogP contribution is -2.31. The third-order valence-electron chi connectivity index (χ3n) is 4.86. The number of rotatable bonds is 6. The van der Waals surface area contributed by atoms with Crippen molar-refractivity contribution in [2.45, 2.75) is 38.3 Å².